The van der Waals surface area contributed by atoms with E-state index in [9.17, 15) is 4.79 Å². The lowest BCUT2D eigenvalue weighted by Gasteiger charge is -2.09. The second-order valence-corrected chi connectivity index (χ2v) is 5.54. The molecule has 1 rings (SSSR count). The third-order valence-electron chi connectivity index (χ3n) is 3.31. The first-order chi connectivity index (χ1) is 9.49. The Morgan fingerprint density at radius 3 is 2.65 bits per heavy atom. The standard InChI is InChI=1S/C17H27NO2/c1-13(2)20-11-5-10-18-17(19)9-8-16-7-6-14(3)15(4)12-16/h6-7,12-13H,5,8-11H2,1-4H3,(H,18,19). The van der Waals surface area contributed by atoms with Crippen LogP contribution in [-0.2, 0) is 16.0 Å². The largest absolute Gasteiger partial charge is 0.379 e. The number of nitrogens with one attached hydrogen (secondary N) is 1. The van der Waals surface area contributed by atoms with Crippen LogP contribution in [0.3, 0.4) is 0 Å². The molecule has 1 aromatic carbocycles. The van der Waals surface area contributed by atoms with Gasteiger partial charge in [0.15, 0.2) is 0 Å². The molecule has 1 N–H and O–H groups in total. The Labute approximate surface area is 122 Å². The molecule has 3 heteroatoms. The van der Waals surface area contributed by atoms with Gasteiger partial charge in [-0.25, -0.2) is 0 Å². The minimum absolute atomic E-state index is 0.118. The van der Waals surface area contributed by atoms with Crippen molar-refractivity contribution in [3.05, 3.63) is 34.9 Å². The van der Waals surface area contributed by atoms with Crippen LogP contribution in [0.5, 0.6) is 0 Å². The van der Waals surface area contributed by atoms with Crippen LogP contribution < -0.4 is 5.32 Å². The van der Waals surface area contributed by atoms with Gasteiger partial charge in [-0.3, -0.25) is 4.79 Å². The molecule has 1 amide bonds. The predicted octanol–water partition coefficient (Wildman–Crippen LogP) is 3.17. The van der Waals surface area contributed by atoms with E-state index in [1.807, 2.05) is 13.8 Å². The van der Waals surface area contributed by atoms with Gasteiger partial charge in [0.05, 0.1) is 6.10 Å². The first kappa shape index (κ1) is 16.7. The summed E-state index contributed by atoms with van der Waals surface area (Å²) >= 11 is 0. The highest BCUT2D eigenvalue weighted by molar-refractivity contribution is 5.76. The van der Waals surface area contributed by atoms with E-state index in [0.717, 1.165) is 12.8 Å². The van der Waals surface area contributed by atoms with Gasteiger partial charge < -0.3 is 10.1 Å². The number of hydrogen-bond acceptors (Lipinski definition) is 2. The summed E-state index contributed by atoms with van der Waals surface area (Å²) in [6.07, 6.45) is 2.48. The molecule has 0 aliphatic rings. The van der Waals surface area contributed by atoms with Crippen molar-refractivity contribution in [3.63, 3.8) is 0 Å². The minimum Gasteiger partial charge on any atom is -0.379 e. The van der Waals surface area contributed by atoms with Gasteiger partial charge in [-0.2, -0.15) is 0 Å². The number of ether oxygens (including phenoxy) is 1. The van der Waals surface area contributed by atoms with E-state index in [1.165, 1.54) is 16.7 Å². The molecule has 0 saturated carbocycles. The maximum Gasteiger partial charge on any atom is 0.220 e. The summed E-state index contributed by atoms with van der Waals surface area (Å²) in [5.74, 6) is 0.118. The van der Waals surface area contributed by atoms with Crippen LogP contribution in [0.2, 0.25) is 0 Å². The van der Waals surface area contributed by atoms with E-state index in [-0.39, 0.29) is 12.0 Å². The van der Waals surface area contributed by atoms with Crippen LogP contribution in [0.1, 0.15) is 43.4 Å². The lowest BCUT2D eigenvalue weighted by molar-refractivity contribution is -0.121. The summed E-state index contributed by atoms with van der Waals surface area (Å²) in [4.78, 5) is 11.7. The van der Waals surface area contributed by atoms with Crippen LogP contribution in [-0.4, -0.2) is 25.2 Å². The van der Waals surface area contributed by atoms with Gasteiger partial charge in [-0.15, -0.1) is 0 Å². The molecular weight excluding hydrogens is 250 g/mol. The Bertz CT molecular complexity index is 427. The minimum atomic E-state index is 0.118. The predicted molar refractivity (Wildman–Crippen MR) is 83.0 cm³/mol. The molecule has 20 heavy (non-hydrogen) atoms. The smallest absolute Gasteiger partial charge is 0.220 e. The average Bonchev–Trinajstić information content (AvgIpc) is 2.39. The quantitative estimate of drug-likeness (QED) is 0.741. The molecule has 0 aliphatic carbocycles. The summed E-state index contributed by atoms with van der Waals surface area (Å²) in [5, 5.41) is 2.93. The Morgan fingerprint density at radius 1 is 1.25 bits per heavy atom. The third kappa shape index (κ3) is 6.71. The molecule has 0 heterocycles. The van der Waals surface area contributed by atoms with Crippen LogP contribution >= 0.6 is 0 Å². The van der Waals surface area contributed by atoms with Crippen LogP contribution in [0, 0.1) is 13.8 Å². The third-order valence-corrected chi connectivity index (χ3v) is 3.31. The van der Waals surface area contributed by atoms with Crippen molar-refractivity contribution in [2.24, 2.45) is 0 Å². The fourth-order valence-corrected chi connectivity index (χ4v) is 1.92. The summed E-state index contributed by atoms with van der Waals surface area (Å²) in [5.41, 5.74) is 3.81. The van der Waals surface area contributed by atoms with E-state index in [1.54, 1.807) is 0 Å². The van der Waals surface area contributed by atoms with E-state index in [2.05, 4.69) is 37.4 Å². The molecule has 0 fully saturated rings. The number of hydrogen-bond donors (Lipinski definition) is 1. The van der Waals surface area contributed by atoms with Crippen molar-refractivity contribution in [2.45, 2.75) is 53.1 Å². The number of carbonyl (C=O) groups excluding carboxylic acids is 1. The van der Waals surface area contributed by atoms with Gasteiger partial charge in [-0.1, -0.05) is 18.2 Å². The molecule has 0 unspecified atom stereocenters. The van der Waals surface area contributed by atoms with Gasteiger partial charge in [0, 0.05) is 19.6 Å². The lowest BCUT2D eigenvalue weighted by Crippen LogP contribution is -2.25. The number of benzene rings is 1. The highest BCUT2D eigenvalue weighted by Gasteiger charge is 2.03. The zero-order chi connectivity index (χ0) is 15.0. The molecule has 0 aromatic heterocycles. The van der Waals surface area contributed by atoms with Crippen molar-refractivity contribution < 1.29 is 9.53 Å². The van der Waals surface area contributed by atoms with Crippen molar-refractivity contribution >= 4 is 5.91 Å². The molecule has 112 valence electrons. The fraction of sp³-hybridized carbons (Fsp3) is 0.588. The van der Waals surface area contributed by atoms with Gasteiger partial charge in [0.1, 0.15) is 0 Å². The van der Waals surface area contributed by atoms with Crippen LogP contribution in [0.4, 0.5) is 0 Å². The summed E-state index contributed by atoms with van der Waals surface area (Å²) in [6.45, 7) is 9.64. The van der Waals surface area contributed by atoms with E-state index >= 15 is 0 Å². The first-order valence-corrected chi connectivity index (χ1v) is 7.43. The number of amides is 1. The summed E-state index contributed by atoms with van der Waals surface area (Å²) in [6, 6.07) is 6.39. The van der Waals surface area contributed by atoms with Crippen LogP contribution in [0.15, 0.2) is 18.2 Å². The number of aryl methyl sites for hydroxylation is 3. The van der Waals surface area contributed by atoms with Gasteiger partial charge >= 0.3 is 0 Å². The topological polar surface area (TPSA) is 38.3 Å². The zero-order valence-corrected chi connectivity index (χ0v) is 13.2. The lowest BCUT2D eigenvalue weighted by atomic mass is 10.0. The van der Waals surface area contributed by atoms with E-state index in [0.29, 0.717) is 19.6 Å². The molecule has 0 spiro atoms. The SMILES string of the molecule is Cc1ccc(CCC(=O)NCCCOC(C)C)cc1C. The average molecular weight is 277 g/mol. The molecule has 0 atom stereocenters. The van der Waals surface area contributed by atoms with Gasteiger partial charge in [0.25, 0.3) is 0 Å². The van der Waals surface area contributed by atoms with Gasteiger partial charge in [-0.05, 0) is 57.2 Å². The second-order valence-electron chi connectivity index (χ2n) is 5.54. The molecular formula is C17H27NO2. The highest BCUT2D eigenvalue weighted by atomic mass is 16.5. The van der Waals surface area contributed by atoms with Crippen molar-refractivity contribution in [1.82, 2.24) is 5.32 Å². The molecule has 0 aliphatic heterocycles. The summed E-state index contributed by atoms with van der Waals surface area (Å²) in [7, 11) is 0. The van der Waals surface area contributed by atoms with E-state index < -0.39 is 0 Å². The van der Waals surface area contributed by atoms with Gasteiger partial charge in [0.2, 0.25) is 5.91 Å². The van der Waals surface area contributed by atoms with Crippen molar-refractivity contribution in [2.75, 3.05) is 13.2 Å². The fourth-order valence-electron chi connectivity index (χ4n) is 1.92. The maximum absolute atomic E-state index is 11.7. The number of rotatable bonds is 8. The molecule has 0 radical (unpaired) electrons. The van der Waals surface area contributed by atoms with E-state index in [4.69, 9.17) is 4.74 Å². The van der Waals surface area contributed by atoms with Crippen molar-refractivity contribution in [3.8, 4) is 0 Å². The zero-order valence-electron chi connectivity index (χ0n) is 13.2. The number of carbonyl (C=O) groups is 1. The highest BCUT2D eigenvalue weighted by Crippen LogP contribution is 2.11. The molecule has 0 saturated heterocycles. The summed E-state index contributed by atoms with van der Waals surface area (Å²) < 4.78 is 5.43. The molecule has 0 bridgehead atoms. The molecule has 1 aromatic rings. The normalized spacial score (nSPS) is 10.8. The first-order valence-electron chi connectivity index (χ1n) is 7.43. The Balaban J connectivity index is 2.18. The maximum atomic E-state index is 11.7. The second kappa shape index (κ2) is 8.75. The molecule has 3 nitrogen and oxygen atoms in total. The Morgan fingerprint density at radius 2 is 2.00 bits per heavy atom. The van der Waals surface area contributed by atoms with Crippen LogP contribution in [0.25, 0.3) is 0 Å². The van der Waals surface area contributed by atoms with Crippen molar-refractivity contribution in [1.29, 1.82) is 0 Å². The Kier molecular flexibility index (Phi) is 7.31. The monoisotopic (exact) mass is 277 g/mol. The Hall–Kier alpha value is -1.35.